The number of hydrogen-bond donors (Lipinski definition) is 0. The number of benzene rings is 1. The summed E-state index contributed by atoms with van der Waals surface area (Å²) < 4.78 is 0. The van der Waals surface area contributed by atoms with Gasteiger partial charge in [-0.05, 0) is 35.8 Å². The Kier molecular flexibility index (Phi) is 5.31. The summed E-state index contributed by atoms with van der Waals surface area (Å²) in [6.07, 6.45) is 1.21. The lowest BCUT2D eigenvalue weighted by Gasteiger charge is -2.22. The first-order valence-corrected chi connectivity index (χ1v) is 6.81. The lowest BCUT2D eigenvalue weighted by molar-refractivity contribution is -0.259. The van der Waals surface area contributed by atoms with E-state index in [1.165, 1.54) is 6.07 Å². The number of rotatable bonds is 6. The molecule has 0 heterocycles. The van der Waals surface area contributed by atoms with E-state index in [0.29, 0.717) is 24.3 Å². The van der Waals surface area contributed by atoms with E-state index >= 15 is 0 Å². The Hall–Kier alpha value is -1.84. The maximum absolute atomic E-state index is 11.4. The van der Waals surface area contributed by atoms with Gasteiger partial charge in [0.1, 0.15) is 0 Å². The van der Waals surface area contributed by atoms with Gasteiger partial charge in [-0.25, -0.2) is 0 Å². The van der Waals surface area contributed by atoms with Gasteiger partial charge in [-0.1, -0.05) is 39.8 Å². The minimum absolute atomic E-state index is 0.219. The Labute approximate surface area is 119 Å². The van der Waals surface area contributed by atoms with Crippen molar-refractivity contribution in [3.8, 4) is 0 Å². The van der Waals surface area contributed by atoms with Crippen LogP contribution in [0.1, 0.15) is 59.5 Å². The van der Waals surface area contributed by atoms with Gasteiger partial charge in [0.2, 0.25) is 0 Å². The molecule has 0 spiro atoms. The minimum atomic E-state index is -1.48. The zero-order valence-electron chi connectivity index (χ0n) is 12.4. The van der Waals surface area contributed by atoms with Crippen LogP contribution in [0, 0.1) is 11.8 Å². The van der Waals surface area contributed by atoms with Gasteiger partial charge in [-0.3, -0.25) is 0 Å². The maximum atomic E-state index is 11.4. The molecule has 0 aliphatic heterocycles. The normalized spacial score (nSPS) is 11.1. The SMILES string of the molecule is CC(C)Cc1ccc(C(=O)[O-])c(C(=O)[O-])c1CC(C)C. The largest absolute Gasteiger partial charge is 0.545 e. The molecule has 0 radical (unpaired) electrons. The second kappa shape index (κ2) is 6.55. The molecule has 0 saturated heterocycles. The van der Waals surface area contributed by atoms with Crippen LogP contribution in [0.3, 0.4) is 0 Å². The first-order chi connectivity index (χ1) is 9.23. The van der Waals surface area contributed by atoms with Crippen LogP contribution in [-0.2, 0) is 12.8 Å². The van der Waals surface area contributed by atoms with E-state index in [0.717, 1.165) is 5.56 Å². The van der Waals surface area contributed by atoms with Crippen LogP contribution < -0.4 is 10.2 Å². The van der Waals surface area contributed by atoms with Crippen LogP contribution in [-0.4, -0.2) is 11.9 Å². The lowest BCUT2D eigenvalue weighted by Crippen LogP contribution is -2.32. The Balaban J connectivity index is 3.52. The molecule has 0 amide bonds. The van der Waals surface area contributed by atoms with E-state index in [9.17, 15) is 19.8 Å². The predicted octanol–water partition coefficient (Wildman–Crippen LogP) is 0.811. The standard InChI is InChI=1S/C16H22O4/c1-9(2)7-11-5-6-12(15(17)18)14(16(19)20)13(11)8-10(3)4/h5-6,9-10H,7-8H2,1-4H3,(H,17,18)(H,19,20)/p-2. The number of carboxylic acids is 2. The minimum Gasteiger partial charge on any atom is -0.545 e. The topological polar surface area (TPSA) is 80.3 Å². The first kappa shape index (κ1) is 16.2. The number of hydrogen-bond acceptors (Lipinski definition) is 4. The van der Waals surface area contributed by atoms with Crippen molar-refractivity contribution in [2.45, 2.75) is 40.5 Å². The number of aromatic carboxylic acids is 2. The average Bonchev–Trinajstić information content (AvgIpc) is 2.28. The quantitative estimate of drug-likeness (QED) is 0.770. The molecule has 110 valence electrons. The zero-order chi connectivity index (χ0) is 15.4. The molecule has 1 aromatic rings. The third kappa shape index (κ3) is 3.83. The number of carbonyl (C=O) groups is 2. The van der Waals surface area contributed by atoms with Crippen molar-refractivity contribution in [2.24, 2.45) is 11.8 Å². The molecule has 0 unspecified atom stereocenters. The number of carbonyl (C=O) groups excluding carboxylic acids is 2. The summed E-state index contributed by atoms with van der Waals surface area (Å²) >= 11 is 0. The molecule has 0 aliphatic rings. The fraction of sp³-hybridized carbons (Fsp3) is 0.500. The third-order valence-corrected chi connectivity index (χ3v) is 3.07. The molecule has 0 atom stereocenters. The summed E-state index contributed by atoms with van der Waals surface area (Å²) in [6.45, 7) is 7.99. The zero-order valence-corrected chi connectivity index (χ0v) is 12.4. The van der Waals surface area contributed by atoms with Crippen molar-refractivity contribution in [1.82, 2.24) is 0 Å². The van der Waals surface area contributed by atoms with Gasteiger partial charge in [-0.2, -0.15) is 0 Å². The van der Waals surface area contributed by atoms with Crippen LogP contribution in [0.25, 0.3) is 0 Å². The smallest absolute Gasteiger partial charge is 0.0724 e. The van der Waals surface area contributed by atoms with Gasteiger partial charge >= 0.3 is 0 Å². The highest BCUT2D eigenvalue weighted by molar-refractivity contribution is 6.01. The van der Waals surface area contributed by atoms with Gasteiger partial charge in [0, 0.05) is 11.1 Å². The highest BCUT2D eigenvalue weighted by Crippen LogP contribution is 2.24. The summed E-state index contributed by atoms with van der Waals surface area (Å²) in [4.78, 5) is 22.5. The summed E-state index contributed by atoms with van der Waals surface area (Å²) in [5, 5.41) is 22.5. The maximum Gasteiger partial charge on any atom is 0.0724 e. The van der Waals surface area contributed by atoms with Crippen molar-refractivity contribution in [2.75, 3.05) is 0 Å². The van der Waals surface area contributed by atoms with E-state index in [1.807, 2.05) is 27.7 Å². The molecule has 1 aromatic carbocycles. The lowest BCUT2D eigenvalue weighted by atomic mass is 9.87. The van der Waals surface area contributed by atoms with Crippen LogP contribution in [0.4, 0.5) is 0 Å². The predicted molar refractivity (Wildman–Crippen MR) is 72.2 cm³/mol. The van der Waals surface area contributed by atoms with Crippen LogP contribution in [0.5, 0.6) is 0 Å². The Bertz CT molecular complexity index is 515. The Morgan fingerprint density at radius 1 is 0.950 bits per heavy atom. The van der Waals surface area contributed by atoms with Crippen molar-refractivity contribution in [3.05, 3.63) is 34.4 Å². The molecule has 0 aliphatic carbocycles. The van der Waals surface area contributed by atoms with Crippen molar-refractivity contribution in [3.63, 3.8) is 0 Å². The fourth-order valence-electron chi connectivity index (χ4n) is 2.37. The van der Waals surface area contributed by atoms with E-state index in [4.69, 9.17) is 0 Å². The molecule has 0 saturated carbocycles. The van der Waals surface area contributed by atoms with Crippen molar-refractivity contribution < 1.29 is 19.8 Å². The molecule has 0 aromatic heterocycles. The number of carboxylic acid groups (broad SMARTS) is 2. The molecule has 0 bridgehead atoms. The van der Waals surface area contributed by atoms with Crippen LogP contribution in [0.2, 0.25) is 0 Å². The van der Waals surface area contributed by atoms with Gasteiger partial charge in [0.25, 0.3) is 0 Å². The van der Waals surface area contributed by atoms with Crippen LogP contribution >= 0.6 is 0 Å². The average molecular weight is 276 g/mol. The molecule has 4 nitrogen and oxygen atoms in total. The summed E-state index contributed by atoms with van der Waals surface area (Å²) in [7, 11) is 0. The molecular weight excluding hydrogens is 256 g/mol. The Morgan fingerprint density at radius 3 is 1.90 bits per heavy atom. The highest BCUT2D eigenvalue weighted by atomic mass is 16.4. The summed E-state index contributed by atoms with van der Waals surface area (Å²) in [5.41, 5.74) is 0.915. The highest BCUT2D eigenvalue weighted by Gasteiger charge is 2.16. The molecule has 0 N–H and O–H groups in total. The van der Waals surface area contributed by atoms with Crippen molar-refractivity contribution >= 4 is 11.9 Å². The monoisotopic (exact) mass is 276 g/mol. The fourth-order valence-corrected chi connectivity index (χ4v) is 2.37. The van der Waals surface area contributed by atoms with Gasteiger partial charge in [0.05, 0.1) is 11.9 Å². The first-order valence-electron chi connectivity index (χ1n) is 6.81. The third-order valence-electron chi connectivity index (χ3n) is 3.07. The Morgan fingerprint density at radius 2 is 1.50 bits per heavy atom. The molecule has 4 heteroatoms. The van der Waals surface area contributed by atoms with Gasteiger partial charge < -0.3 is 19.8 Å². The molecular formula is C16H20O4-2. The summed E-state index contributed by atoms with van der Waals surface area (Å²) in [5.74, 6) is -2.36. The summed E-state index contributed by atoms with van der Waals surface area (Å²) in [6, 6.07) is 3.00. The second-order valence-electron chi connectivity index (χ2n) is 5.90. The molecule has 20 heavy (non-hydrogen) atoms. The van der Waals surface area contributed by atoms with Crippen molar-refractivity contribution in [1.29, 1.82) is 0 Å². The van der Waals surface area contributed by atoms with E-state index in [1.54, 1.807) is 6.07 Å². The van der Waals surface area contributed by atoms with E-state index < -0.39 is 11.9 Å². The molecule has 1 rings (SSSR count). The van der Waals surface area contributed by atoms with E-state index in [-0.39, 0.29) is 17.0 Å². The van der Waals surface area contributed by atoms with E-state index in [2.05, 4.69) is 0 Å². The van der Waals surface area contributed by atoms with Gasteiger partial charge in [0.15, 0.2) is 0 Å². The second-order valence-corrected chi connectivity index (χ2v) is 5.90. The van der Waals surface area contributed by atoms with Gasteiger partial charge in [-0.15, -0.1) is 0 Å². The molecule has 0 fully saturated rings. The van der Waals surface area contributed by atoms with Crippen LogP contribution in [0.15, 0.2) is 12.1 Å².